The summed E-state index contributed by atoms with van der Waals surface area (Å²) >= 11 is 1.56. The topological polar surface area (TPSA) is 56.6 Å². The Labute approximate surface area is 162 Å². The summed E-state index contributed by atoms with van der Waals surface area (Å²) in [4.78, 5) is 16.8. The van der Waals surface area contributed by atoms with Gasteiger partial charge < -0.3 is 9.64 Å². The molecule has 4 rings (SSSR count). The summed E-state index contributed by atoms with van der Waals surface area (Å²) in [5, 5.41) is 10.6. The van der Waals surface area contributed by atoms with Gasteiger partial charge in [-0.2, -0.15) is 5.26 Å². The molecule has 0 N–H and O–H groups in total. The van der Waals surface area contributed by atoms with Crippen LogP contribution in [0.15, 0.2) is 65.2 Å². The molecule has 0 bridgehead atoms. The highest BCUT2D eigenvalue weighted by Gasteiger charge is 2.38. The molecule has 2 aliphatic rings. The Morgan fingerprint density at radius 1 is 1.15 bits per heavy atom. The number of methoxy groups -OCH3 is 1. The van der Waals surface area contributed by atoms with Crippen LogP contribution < -0.4 is 9.64 Å². The molecule has 136 valence electrons. The van der Waals surface area contributed by atoms with Crippen LogP contribution in [0.5, 0.6) is 5.75 Å². The molecule has 27 heavy (non-hydrogen) atoms. The number of nitrogens with zero attached hydrogens (tertiary/aromatic N) is 3. The molecular weight excluding hydrogens is 358 g/mol. The number of fused-ring (bicyclic) bond motifs is 1. The van der Waals surface area contributed by atoms with Gasteiger partial charge in [0.2, 0.25) is 5.91 Å². The summed E-state index contributed by atoms with van der Waals surface area (Å²) in [5.41, 5.74) is 2.73. The largest absolute Gasteiger partial charge is 0.497 e. The fraction of sp³-hybridized carbons (Fsp3) is 0.238. The third kappa shape index (κ3) is 3.26. The Balaban J connectivity index is 1.65. The van der Waals surface area contributed by atoms with Crippen LogP contribution in [0.2, 0.25) is 0 Å². The lowest BCUT2D eigenvalue weighted by atomic mass is 9.86. The molecule has 1 saturated heterocycles. The van der Waals surface area contributed by atoms with E-state index in [0.717, 1.165) is 22.0 Å². The summed E-state index contributed by atoms with van der Waals surface area (Å²) in [6, 6.07) is 20.0. The van der Waals surface area contributed by atoms with Crippen LogP contribution in [-0.2, 0) is 4.79 Å². The number of hydrogen-bond donors (Lipinski definition) is 0. The van der Waals surface area contributed by atoms with Crippen LogP contribution in [0.4, 0.5) is 5.69 Å². The Morgan fingerprint density at radius 3 is 2.56 bits per heavy atom. The van der Waals surface area contributed by atoms with Gasteiger partial charge in [0, 0.05) is 18.0 Å². The highest BCUT2D eigenvalue weighted by Crippen LogP contribution is 2.43. The van der Waals surface area contributed by atoms with E-state index in [4.69, 9.17) is 4.74 Å². The number of allylic oxidation sites excluding steroid dienone is 1. The van der Waals surface area contributed by atoms with Gasteiger partial charge in [0.05, 0.1) is 36.3 Å². The van der Waals surface area contributed by atoms with E-state index in [-0.39, 0.29) is 11.8 Å². The maximum absolute atomic E-state index is 12.9. The number of benzene rings is 2. The molecule has 0 aromatic heterocycles. The third-order valence-electron chi connectivity index (χ3n) is 4.93. The quantitative estimate of drug-likeness (QED) is 0.812. The second-order valence-corrected chi connectivity index (χ2v) is 7.41. The summed E-state index contributed by atoms with van der Waals surface area (Å²) in [6.45, 7) is 0.478. The molecule has 6 heteroatoms. The van der Waals surface area contributed by atoms with Crippen molar-refractivity contribution < 1.29 is 9.53 Å². The molecule has 0 aliphatic carbocycles. The average Bonchev–Trinajstić information content (AvgIpc) is 2.74. The van der Waals surface area contributed by atoms with Crippen LogP contribution in [0.3, 0.4) is 0 Å². The average molecular weight is 377 g/mol. The van der Waals surface area contributed by atoms with Crippen LogP contribution in [0.1, 0.15) is 17.9 Å². The van der Waals surface area contributed by atoms with Gasteiger partial charge in [0.15, 0.2) is 0 Å². The van der Waals surface area contributed by atoms with E-state index < -0.39 is 0 Å². The standard InChI is InChI=1S/C21H19N3O2S/c1-26-17-9-7-15(8-10-17)18-11-20(25)24-13-23(16-5-3-2-4-6-16)14-27-21(24)19(18)12-22/h2-10,18H,11,13-14H2,1H3. The minimum atomic E-state index is -0.199. The fourth-order valence-electron chi connectivity index (χ4n) is 3.49. The molecule has 2 aliphatic heterocycles. The number of nitriles is 1. The van der Waals surface area contributed by atoms with Crippen molar-refractivity contribution in [2.24, 2.45) is 0 Å². The van der Waals surface area contributed by atoms with Gasteiger partial charge in [0.1, 0.15) is 5.75 Å². The summed E-state index contributed by atoms with van der Waals surface area (Å²) < 4.78 is 5.21. The van der Waals surface area contributed by atoms with Gasteiger partial charge >= 0.3 is 0 Å². The first-order valence-electron chi connectivity index (χ1n) is 8.72. The molecule has 0 saturated carbocycles. The van der Waals surface area contributed by atoms with Gasteiger partial charge in [-0.1, -0.05) is 42.1 Å². The van der Waals surface area contributed by atoms with Crippen molar-refractivity contribution >= 4 is 23.4 Å². The molecule has 1 unspecified atom stereocenters. The number of thioether (sulfide) groups is 1. The number of para-hydroxylation sites is 1. The lowest BCUT2D eigenvalue weighted by Crippen LogP contribution is -2.47. The first-order chi connectivity index (χ1) is 13.2. The second kappa shape index (κ2) is 7.37. The third-order valence-corrected chi connectivity index (χ3v) is 6.09. The number of anilines is 1. The van der Waals surface area contributed by atoms with Crippen LogP contribution in [0, 0.1) is 11.3 Å². The maximum atomic E-state index is 12.9. The summed E-state index contributed by atoms with van der Waals surface area (Å²) in [6.07, 6.45) is 0.307. The van der Waals surface area contributed by atoms with E-state index in [2.05, 4.69) is 11.0 Å². The highest BCUT2D eigenvalue weighted by atomic mass is 32.2. The monoisotopic (exact) mass is 377 g/mol. The van der Waals surface area contributed by atoms with Gasteiger partial charge in [-0.05, 0) is 29.8 Å². The predicted molar refractivity (Wildman–Crippen MR) is 106 cm³/mol. The summed E-state index contributed by atoms with van der Waals surface area (Å²) in [5.74, 6) is 1.33. The van der Waals surface area contributed by atoms with Crippen LogP contribution in [0.25, 0.3) is 0 Å². The Bertz CT molecular complexity index is 919. The SMILES string of the molecule is COc1ccc(C2CC(=O)N3CN(c4ccccc4)CSC3=C2C#N)cc1. The predicted octanol–water partition coefficient (Wildman–Crippen LogP) is 3.91. The zero-order valence-corrected chi connectivity index (χ0v) is 15.8. The number of carbonyl (C=O) groups is 1. The van der Waals surface area contributed by atoms with Crippen LogP contribution in [-0.4, -0.2) is 30.5 Å². The Morgan fingerprint density at radius 2 is 1.89 bits per heavy atom. The van der Waals surface area contributed by atoms with E-state index in [9.17, 15) is 10.1 Å². The number of amides is 1. The fourth-order valence-corrected chi connectivity index (χ4v) is 4.65. The van der Waals surface area contributed by atoms with E-state index in [1.165, 1.54) is 0 Å². The molecular formula is C21H19N3O2S. The molecule has 1 fully saturated rings. The van der Waals surface area contributed by atoms with Crippen molar-refractivity contribution in [1.82, 2.24) is 4.90 Å². The van der Waals surface area contributed by atoms with Gasteiger partial charge in [-0.3, -0.25) is 9.69 Å². The van der Waals surface area contributed by atoms with Crippen molar-refractivity contribution in [3.05, 3.63) is 70.8 Å². The molecule has 2 aromatic rings. The van der Waals surface area contributed by atoms with E-state index in [1.807, 2.05) is 54.6 Å². The van der Waals surface area contributed by atoms with E-state index in [0.29, 0.717) is 24.5 Å². The van der Waals surface area contributed by atoms with Crippen LogP contribution >= 0.6 is 11.8 Å². The van der Waals surface area contributed by atoms with Crippen molar-refractivity contribution in [2.75, 3.05) is 24.6 Å². The number of ether oxygens (including phenoxy) is 1. The van der Waals surface area contributed by atoms with Crippen molar-refractivity contribution in [3.63, 3.8) is 0 Å². The number of rotatable bonds is 3. The molecule has 0 spiro atoms. The lowest BCUT2D eigenvalue weighted by Gasteiger charge is -2.42. The number of hydrogen-bond acceptors (Lipinski definition) is 5. The molecule has 1 atom stereocenters. The first kappa shape index (κ1) is 17.5. The Hall–Kier alpha value is -2.91. The zero-order valence-electron chi connectivity index (χ0n) is 15.0. The van der Waals surface area contributed by atoms with Gasteiger partial charge in [0.25, 0.3) is 0 Å². The van der Waals surface area contributed by atoms with E-state index in [1.54, 1.807) is 23.8 Å². The minimum absolute atomic E-state index is 0.0537. The smallest absolute Gasteiger partial charge is 0.229 e. The van der Waals surface area contributed by atoms with Gasteiger partial charge in [-0.15, -0.1) is 0 Å². The molecule has 1 amide bonds. The summed E-state index contributed by atoms with van der Waals surface area (Å²) in [7, 11) is 1.62. The molecule has 2 heterocycles. The minimum Gasteiger partial charge on any atom is -0.497 e. The molecule has 5 nitrogen and oxygen atoms in total. The highest BCUT2D eigenvalue weighted by molar-refractivity contribution is 8.03. The normalized spacial score (nSPS) is 19.6. The van der Waals surface area contributed by atoms with Crippen molar-refractivity contribution in [3.8, 4) is 11.8 Å². The maximum Gasteiger partial charge on any atom is 0.229 e. The van der Waals surface area contributed by atoms with E-state index >= 15 is 0 Å². The Kier molecular flexibility index (Phi) is 4.78. The van der Waals surface area contributed by atoms with Gasteiger partial charge in [-0.25, -0.2) is 0 Å². The van der Waals surface area contributed by atoms with Crippen molar-refractivity contribution in [1.29, 1.82) is 5.26 Å². The number of carbonyl (C=O) groups excluding carboxylic acids is 1. The second-order valence-electron chi connectivity index (χ2n) is 6.47. The molecule has 0 radical (unpaired) electrons. The zero-order chi connectivity index (χ0) is 18.8. The molecule has 2 aromatic carbocycles. The lowest BCUT2D eigenvalue weighted by molar-refractivity contribution is -0.129. The van der Waals surface area contributed by atoms with Crippen molar-refractivity contribution in [2.45, 2.75) is 12.3 Å². The first-order valence-corrected chi connectivity index (χ1v) is 9.71.